The van der Waals surface area contributed by atoms with E-state index in [1.165, 1.54) is 11.9 Å². The third-order valence-electron chi connectivity index (χ3n) is 4.95. The molecule has 0 unspecified atom stereocenters. The minimum absolute atomic E-state index is 0.326. The summed E-state index contributed by atoms with van der Waals surface area (Å²) in [7, 11) is 0. The van der Waals surface area contributed by atoms with Gasteiger partial charge in [-0.2, -0.15) is 0 Å². The van der Waals surface area contributed by atoms with E-state index in [0.29, 0.717) is 21.2 Å². The molecule has 7 nitrogen and oxygen atoms in total. The molecule has 31 heavy (non-hydrogen) atoms. The predicted molar refractivity (Wildman–Crippen MR) is 126 cm³/mol. The number of benzene rings is 2. The van der Waals surface area contributed by atoms with Crippen LogP contribution in [0.1, 0.15) is 5.56 Å². The number of rotatable bonds is 4. The zero-order valence-electron chi connectivity index (χ0n) is 16.2. The van der Waals surface area contributed by atoms with Crippen molar-refractivity contribution >= 4 is 51.3 Å². The molecule has 0 aliphatic rings. The van der Waals surface area contributed by atoms with Crippen LogP contribution >= 0.6 is 23.5 Å². The summed E-state index contributed by atoms with van der Waals surface area (Å²) in [6.45, 7) is 1.88. The van der Waals surface area contributed by atoms with Crippen molar-refractivity contribution in [3.8, 4) is 11.1 Å². The highest BCUT2D eigenvalue weighted by molar-refractivity contribution is 8.00. The average Bonchev–Trinajstić information content (AvgIpc) is 3.21. The van der Waals surface area contributed by atoms with Crippen LogP contribution in [0.25, 0.3) is 33.2 Å². The number of aryl methyl sites for hydroxylation is 1. The second-order valence-corrected chi connectivity index (χ2v) is 8.30. The number of hydrogen-bond acceptors (Lipinski definition) is 5. The maximum atomic E-state index is 11.6. The van der Waals surface area contributed by atoms with Gasteiger partial charge in [0.2, 0.25) is 0 Å². The van der Waals surface area contributed by atoms with E-state index >= 15 is 0 Å². The van der Waals surface area contributed by atoms with Gasteiger partial charge in [0.05, 0.1) is 10.5 Å². The van der Waals surface area contributed by atoms with Crippen LogP contribution in [0.3, 0.4) is 0 Å². The van der Waals surface area contributed by atoms with E-state index in [9.17, 15) is 9.59 Å². The lowest BCUT2D eigenvalue weighted by Crippen LogP contribution is -2.29. The third-order valence-corrected chi connectivity index (χ3v) is 6.21. The molecule has 0 saturated heterocycles. The molecular formula is C22H16ClN5O2S. The van der Waals surface area contributed by atoms with E-state index in [4.69, 9.17) is 11.6 Å². The Hall–Kier alpha value is -3.49. The fraction of sp³-hybridized carbons (Fsp3) is 0.0455. The molecule has 154 valence electrons. The summed E-state index contributed by atoms with van der Waals surface area (Å²) in [4.78, 5) is 35.7. The van der Waals surface area contributed by atoms with Gasteiger partial charge in [0, 0.05) is 34.9 Å². The Labute approximate surface area is 185 Å². The van der Waals surface area contributed by atoms with Gasteiger partial charge in [0.25, 0.3) is 0 Å². The molecule has 0 fully saturated rings. The second-order valence-electron chi connectivity index (χ2n) is 7.09. The van der Waals surface area contributed by atoms with Crippen LogP contribution in [0.2, 0.25) is 5.02 Å². The molecule has 5 rings (SSSR count). The van der Waals surface area contributed by atoms with Crippen molar-refractivity contribution in [1.29, 1.82) is 0 Å². The van der Waals surface area contributed by atoms with Crippen molar-refractivity contribution in [1.82, 2.24) is 19.9 Å². The Kier molecular flexibility index (Phi) is 4.80. The summed E-state index contributed by atoms with van der Waals surface area (Å²) in [6, 6.07) is 15.8. The summed E-state index contributed by atoms with van der Waals surface area (Å²) < 4.78 is 3.24. The first-order valence-electron chi connectivity index (χ1n) is 9.42. The number of anilines is 1. The molecule has 3 heterocycles. The van der Waals surface area contributed by atoms with E-state index in [1.54, 1.807) is 6.07 Å². The molecule has 0 saturated carbocycles. The lowest BCUT2D eigenvalue weighted by atomic mass is 10.0. The fourth-order valence-electron chi connectivity index (χ4n) is 3.37. The van der Waals surface area contributed by atoms with Gasteiger partial charge in [-0.25, -0.2) is 4.98 Å². The first-order valence-corrected chi connectivity index (χ1v) is 10.6. The van der Waals surface area contributed by atoms with Crippen molar-refractivity contribution in [2.24, 2.45) is 0 Å². The highest BCUT2D eigenvalue weighted by Gasteiger charge is 2.10. The Morgan fingerprint density at radius 3 is 2.65 bits per heavy atom. The first kappa shape index (κ1) is 19.5. The van der Waals surface area contributed by atoms with Gasteiger partial charge < -0.3 is 19.7 Å². The number of nitrogens with zero attached hydrogens (tertiary/aromatic N) is 1. The van der Waals surface area contributed by atoms with Crippen LogP contribution in [0.15, 0.2) is 69.3 Å². The van der Waals surface area contributed by atoms with Gasteiger partial charge in [-0.15, -0.1) is 0 Å². The maximum absolute atomic E-state index is 11.6. The molecular weight excluding hydrogens is 434 g/mol. The lowest BCUT2D eigenvalue weighted by Gasteiger charge is -2.11. The number of fused-ring (bicyclic) bond motifs is 2. The highest BCUT2D eigenvalue weighted by atomic mass is 35.5. The first-order chi connectivity index (χ1) is 15.0. The van der Waals surface area contributed by atoms with E-state index < -0.39 is 11.1 Å². The largest absolute Gasteiger partial charge is 0.361 e. The molecule has 0 aliphatic carbocycles. The Morgan fingerprint density at radius 1 is 0.968 bits per heavy atom. The number of pyridine rings is 1. The molecule has 0 aliphatic heterocycles. The quantitative estimate of drug-likeness (QED) is 0.232. The smallest absolute Gasteiger partial charge is 0.315 e. The molecule has 4 N–H and O–H groups in total. The van der Waals surface area contributed by atoms with Gasteiger partial charge in [-0.3, -0.25) is 9.59 Å². The Bertz CT molecular complexity index is 1570. The zero-order chi connectivity index (χ0) is 21.5. The molecule has 5 aromatic rings. The Morgan fingerprint density at radius 2 is 1.81 bits per heavy atom. The molecule has 0 atom stereocenters. The van der Waals surface area contributed by atoms with E-state index in [0.717, 1.165) is 33.3 Å². The van der Waals surface area contributed by atoms with E-state index in [1.807, 2.05) is 43.5 Å². The minimum Gasteiger partial charge on any atom is -0.361 e. The summed E-state index contributed by atoms with van der Waals surface area (Å²) in [5, 5.41) is 2.45. The zero-order valence-corrected chi connectivity index (χ0v) is 17.8. The second kappa shape index (κ2) is 7.64. The number of halogens is 1. The summed E-state index contributed by atoms with van der Waals surface area (Å²) in [6.07, 6.45) is 1.91. The van der Waals surface area contributed by atoms with Gasteiger partial charge >= 0.3 is 11.1 Å². The summed E-state index contributed by atoms with van der Waals surface area (Å²) in [5.74, 6) is 0. The number of hydrogen-bond donors (Lipinski definition) is 4. The summed E-state index contributed by atoms with van der Waals surface area (Å²) >= 11 is 7.86. The van der Waals surface area contributed by atoms with Crippen molar-refractivity contribution in [2.45, 2.75) is 11.9 Å². The standard InChI is InChI=1S/C22H16ClN5O2S/c1-11-8-18-19(26-21(30)20(29)25-18)27-22(11)31-28-14-4-5-15(16(23)10-14)13-3-2-12-6-7-24-17(12)9-13/h2-10,24,28H,1H3,(H,25,29)(H,26,27,30). The molecule has 2 aromatic carbocycles. The SMILES string of the molecule is Cc1cc2[nH]c(=O)c(=O)[nH]c2nc1SNc1ccc(-c2ccc3cc[nH]c3c2)c(Cl)c1. The van der Waals surface area contributed by atoms with Gasteiger partial charge in [-0.1, -0.05) is 29.8 Å². The van der Waals surface area contributed by atoms with Crippen LogP contribution < -0.4 is 15.8 Å². The molecule has 3 aromatic heterocycles. The number of H-pyrrole nitrogens is 3. The number of aromatic nitrogens is 4. The Balaban J connectivity index is 1.40. The number of nitrogens with one attached hydrogen (secondary N) is 4. The predicted octanol–water partition coefficient (Wildman–Crippen LogP) is 4.84. The van der Waals surface area contributed by atoms with Crippen molar-refractivity contribution < 1.29 is 0 Å². The minimum atomic E-state index is -0.729. The van der Waals surface area contributed by atoms with Crippen LogP contribution in [0, 0.1) is 6.92 Å². The van der Waals surface area contributed by atoms with Gasteiger partial charge in [0.1, 0.15) is 5.03 Å². The highest BCUT2D eigenvalue weighted by Crippen LogP contribution is 2.33. The van der Waals surface area contributed by atoms with Crippen molar-refractivity contribution in [2.75, 3.05) is 4.72 Å². The summed E-state index contributed by atoms with van der Waals surface area (Å²) in [5.41, 5.74) is 4.09. The van der Waals surface area contributed by atoms with Crippen molar-refractivity contribution in [3.63, 3.8) is 0 Å². The molecule has 0 spiro atoms. The topological polar surface area (TPSA) is 106 Å². The van der Waals surface area contributed by atoms with Crippen LogP contribution in [0.4, 0.5) is 5.69 Å². The maximum Gasteiger partial charge on any atom is 0.315 e. The van der Waals surface area contributed by atoms with Crippen LogP contribution in [-0.2, 0) is 0 Å². The van der Waals surface area contributed by atoms with Crippen LogP contribution in [-0.4, -0.2) is 19.9 Å². The lowest BCUT2D eigenvalue weighted by molar-refractivity contribution is 1.05. The van der Waals surface area contributed by atoms with Gasteiger partial charge in [0.15, 0.2) is 5.65 Å². The third kappa shape index (κ3) is 3.71. The molecule has 9 heteroatoms. The average molecular weight is 450 g/mol. The molecule has 0 bridgehead atoms. The van der Waals surface area contributed by atoms with Crippen molar-refractivity contribution in [3.05, 3.63) is 86.0 Å². The monoisotopic (exact) mass is 449 g/mol. The molecule has 0 radical (unpaired) electrons. The van der Waals surface area contributed by atoms with E-state index in [2.05, 4.69) is 36.8 Å². The molecule has 0 amide bonds. The van der Waals surface area contributed by atoms with E-state index in [-0.39, 0.29) is 0 Å². The normalized spacial score (nSPS) is 11.3. The number of aromatic amines is 3. The fourth-order valence-corrected chi connectivity index (χ4v) is 4.36. The van der Waals surface area contributed by atoms with Crippen LogP contribution in [0.5, 0.6) is 0 Å². The van der Waals surface area contributed by atoms with Gasteiger partial charge in [-0.05, 0) is 53.8 Å².